The summed E-state index contributed by atoms with van der Waals surface area (Å²) in [6.45, 7) is 0.408. The van der Waals surface area contributed by atoms with Gasteiger partial charge in [0, 0.05) is 6.54 Å². The Hall–Kier alpha value is -4.00. The van der Waals surface area contributed by atoms with Crippen molar-refractivity contribution in [2.45, 2.75) is 19.0 Å². The van der Waals surface area contributed by atoms with Gasteiger partial charge in [0.05, 0.1) is 31.3 Å². The van der Waals surface area contributed by atoms with Crippen molar-refractivity contribution >= 4 is 17.1 Å². The Labute approximate surface area is 186 Å². The lowest BCUT2D eigenvalue weighted by atomic mass is 10.1. The molecule has 0 aliphatic carbocycles. The molecule has 7 heteroatoms. The second-order valence-electron chi connectivity index (χ2n) is 7.42. The number of ether oxygens (including phenoxy) is 2. The Balaban J connectivity index is 1.48. The first-order valence-electron chi connectivity index (χ1n) is 10.4. The zero-order chi connectivity index (χ0) is 22.3. The Morgan fingerprint density at radius 3 is 2.16 bits per heavy atom. The molecule has 32 heavy (non-hydrogen) atoms. The molecule has 7 nitrogen and oxygen atoms in total. The summed E-state index contributed by atoms with van der Waals surface area (Å²) in [4.78, 5) is 20.8. The lowest BCUT2D eigenvalue weighted by Crippen LogP contribution is -2.38. The van der Waals surface area contributed by atoms with E-state index in [1.807, 2.05) is 72.8 Å². The highest BCUT2D eigenvalue weighted by Gasteiger charge is 2.19. The molecule has 1 atom stereocenters. The van der Waals surface area contributed by atoms with Crippen molar-refractivity contribution in [2.75, 3.05) is 14.2 Å². The van der Waals surface area contributed by atoms with E-state index in [4.69, 9.17) is 14.5 Å². The molecule has 0 fully saturated rings. The maximum Gasteiger partial charge on any atom is 0.315 e. The molecule has 2 amide bonds. The van der Waals surface area contributed by atoms with Gasteiger partial charge in [0.25, 0.3) is 0 Å². The first-order chi connectivity index (χ1) is 15.6. The summed E-state index contributed by atoms with van der Waals surface area (Å²) < 4.78 is 10.4. The van der Waals surface area contributed by atoms with Crippen LogP contribution >= 0.6 is 0 Å². The van der Waals surface area contributed by atoms with Crippen LogP contribution in [0.15, 0.2) is 72.8 Å². The molecule has 0 aliphatic rings. The number of nitrogens with zero attached hydrogens (tertiary/aromatic N) is 1. The van der Waals surface area contributed by atoms with Gasteiger partial charge in [-0.15, -0.1) is 0 Å². The number of urea groups is 1. The predicted molar refractivity (Wildman–Crippen MR) is 124 cm³/mol. The summed E-state index contributed by atoms with van der Waals surface area (Å²) in [6.07, 6.45) is 0.583. The number of aromatic nitrogens is 2. The van der Waals surface area contributed by atoms with E-state index in [-0.39, 0.29) is 12.1 Å². The number of hydrogen-bond acceptors (Lipinski definition) is 4. The van der Waals surface area contributed by atoms with Gasteiger partial charge in [0.15, 0.2) is 0 Å². The average Bonchev–Trinajstić information content (AvgIpc) is 3.27. The first kappa shape index (κ1) is 21.2. The predicted octanol–water partition coefficient (Wildman–Crippen LogP) is 4.36. The molecule has 0 radical (unpaired) electrons. The number of fused-ring (bicyclic) bond motifs is 1. The van der Waals surface area contributed by atoms with Crippen LogP contribution in [0.1, 0.15) is 23.0 Å². The van der Waals surface area contributed by atoms with E-state index in [9.17, 15) is 4.79 Å². The molecule has 3 N–H and O–H groups in total. The van der Waals surface area contributed by atoms with Gasteiger partial charge < -0.3 is 25.1 Å². The molecule has 3 aromatic carbocycles. The number of carbonyl (C=O) groups excluding carboxylic acids is 1. The number of aromatic amines is 1. The normalized spacial score (nSPS) is 11.7. The van der Waals surface area contributed by atoms with Crippen LogP contribution in [-0.4, -0.2) is 30.2 Å². The lowest BCUT2D eigenvalue weighted by molar-refractivity contribution is 0.236. The minimum Gasteiger partial charge on any atom is -0.497 e. The van der Waals surface area contributed by atoms with Gasteiger partial charge in [-0.2, -0.15) is 0 Å². The van der Waals surface area contributed by atoms with Crippen molar-refractivity contribution in [2.24, 2.45) is 0 Å². The number of H-pyrrole nitrogens is 1. The highest BCUT2D eigenvalue weighted by molar-refractivity contribution is 5.76. The molecule has 1 aromatic heterocycles. The SMILES string of the molecule is COc1ccc(CNC(=O)N[C@H](Cc2ccc(OC)cc2)c2nc3ccccc3[nH]2)cc1. The number of nitrogens with one attached hydrogen (secondary N) is 3. The minimum atomic E-state index is -0.327. The molecular formula is C25H26N4O3. The molecule has 1 heterocycles. The van der Waals surface area contributed by atoms with Crippen LogP contribution in [0.25, 0.3) is 11.0 Å². The number of hydrogen-bond donors (Lipinski definition) is 3. The fourth-order valence-corrected chi connectivity index (χ4v) is 3.49. The largest absolute Gasteiger partial charge is 0.497 e. The number of imidazole rings is 1. The Kier molecular flexibility index (Phi) is 6.55. The van der Waals surface area contributed by atoms with Gasteiger partial charge in [-0.3, -0.25) is 0 Å². The second-order valence-corrected chi connectivity index (χ2v) is 7.42. The van der Waals surface area contributed by atoms with Crippen LogP contribution in [0.5, 0.6) is 11.5 Å². The Bertz CT molecular complexity index is 1140. The van der Waals surface area contributed by atoms with Crippen molar-refractivity contribution < 1.29 is 14.3 Å². The Morgan fingerprint density at radius 1 is 0.906 bits per heavy atom. The van der Waals surface area contributed by atoms with Crippen molar-refractivity contribution in [3.63, 3.8) is 0 Å². The molecular weight excluding hydrogens is 404 g/mol. The van der Waals surface area contributed by atoms with Crippen molar-refractivity contribution in [3.8, 4) is 11.5 Å². The molecule has 0 unspecified atom stereocenters. The topological polar surface area (TPSA) is 88.3 Å². The van der Waals surface area contributed by atoms with Crippen LogP contribution in [0, 0.1) is 0 Å². The van der Waals surface area contributed by atoms with Gasteiger partial charge in [-0.05, 0) is 53.9 Å². The lowest BCUT2D eigenvalue weighted by Gasteiger charge is -2.18. The van der Waals surface area contributed by atoms with Gasteiger partial charge in [0.1, 0.15) is 17.3 Å². The van der Waals surface area contributed by atoms with E-state index in [2.05, 4.69) is 15.6 Å². The van der Waals surface area contributed by atoms with E-state index >= 15 is 0 Å². The van der Waals surface area contributed by atoms with E-state index in [1.165, 1.54) is 0 Å². The number of amides is 2. The zero-order valence-corrected chi connectivity index (χ0v) is 18.1. The van der Waals surface area contributed by atoms with E-state index in [0.717, 1.165) is 33.7 Å². The summed E-state index contributed by atoms with van der Waals surface area (Å²) in [5, 5.41) is 5.99. The average molecular weight is 431 g/mol. The van der Waals surface area contributed by atoms with Gasteiger partial charge in [-0.1, -0.05) is 36.4 Å². The van der Waals surface area contributed by atoms with Gasteiger partial charge in [0.2, 0.25) is 0 Å². The third-order valence-electron chi connectivity index (χ3n) is 5.25. The maximum atomic E-state index is 12.7. The third-order valence-corrected chi connectivity index (χ3v) is 5.25. The first-order valence-corrected chi connectivity index (χ1v) is 10.4. The van der Waals surface area contributed by atoms with Crippen LogP contribution < -0.4 is 20.1 Å². The fourth-order valence-electron chi connectivity index (χ4n) is 3.49. The zero-order valence-electron chi connectivity index (χ0n) is 18.1. The third kappa shape index (κ3) is 5.18. The molecule has 4 rings (SSSR count). The number of para-hydroxylation sites is 2. The van der Waals surface area contributed by atoms with Crippen molar-refractivity contribution in [1.29, 1.82) is 0 Å². The summed E-state index contributed by atoms with van der Waals surface area (Å²) >= 11 is 0. The standard InChI is InChI=1S/C25H26N4O3/c1-31-19-11-7-17(8-12-19)15-23(24-27-21-5-3-4-6-22(21)28-24)29-25(30)26-16-18-9-13-20(32-2)14-10-18/h3-14,23H,15-16H2,1-2H3,(H,27,28)(H2,26,29,30)/t23-/m1/s1. The quantitative estimate of drug-likeness (QED) is 0.387. The van der Waals surface area contributed by atoms with E-state index in [1.54, 1.807) is 14.2 Å². The summed E-state index contributed by atoms with van der Waals surface area (Å²) in [6, 6.07) is 22.6. The van der Waals surface area contributed by atoms with Gasteiger partial charge >= 0.3 is 6.03 Å². The summed E-state index contributed by atoms with van der Waals surface area (Å²) in [5.74, 6) is 2.28. The fraction of sp³-hybridized carbons (Fsp3) is 0.200. The van der Waals surface area contributed by atoms with Crippen molar-refractivity contribution in [1.82, 2.24) is 20.6 Å². The molecule has 0 spiro atoms. The molecule has 0 saturated carbocycles. The van der Waals surface area contributed by atoms with Gasteiger partial charge in [-0.25, -0.2) is 9.78 Å². The highest BCUT2D eigenvalue weighted by atomic mass is 16.5. The number of methoxy groups -OCH3 is 2. The van der Waals surface area contributed by atoms with Crippen molar-refractivity contribution in [3.05, 3.63) is 89.7 Å². The Morgan fingerprint density at radius 2 is 1.53 bits per heavy atom. The van der Waals surface area contributed by atoms with Crippen LogP contribution in [0.3, 0.4) is 0 Å². The number of benzene rings is 3. The number of rotatable bonds is 8. The smallest absolute Gasteiger partial charge is 0.315 e. The highest BCUT2D eigenvalue weighted by Crippen LogP contribution is 2.21. The number of carbonyl (C=O) groups is 1. The van der Waals surface area contributed by atoms with Crippen LogP contribution in [-0.2, 0) is 13.0 Å². The van der Waals surface area contributed by atoms with Crippen LogP contribution in [0.2, 0.25) is 0 Å². The second kappa shape index (κ2) is 9.87. The molecule has 164 valence electrons. The molecule has 0 saturated heterocycles. The van der Waals surface area contributed by atoms with Crippen LogP contribution in [0.4, 0.5) is 4.79 Å². The molecule has 0 aliphatic heterocycles. The molecule has 0 bridgehead atoms. The van der Waals surface area contributed by atoms with E-state index < -0.39 is 0 Å². The summed E-state index contributed by atoms with van der Waals surface area (Å²) in [7, 11) is 3.27. The summed E-state index contributed by atoms with van der Waals surface area (Å²) in [5.41, 5.74) is 3.84. The minimum absolute atomic E-state index is 0.264. The monoisotopic (exact) mass is 430 g/mol. The molecule has 4 aromatic rings. The maximum absolute atomic E-state index is 12.7. The van der Waals surface area contributed by atoms with E-state index in [0.29, 0.717) is 18.8 Å².